The zero-order chi connectivity index (χ0) is 12.1. The third-order valence-corrected chi connectivity index (χ3v) is 2.24. The molecule has 2 heterocycles. The number of amides is 2. The van der Waals surface area contributed by atoms with Gasteiger partial charge in [0.25, 0.3) is 0 Å². The van der Waals surface area contributed by atoms with Gasteiger partial charge in [0.1, 0.15) is 0 Å². The number of rotatable bonds is 3. The van der Waals surface area contributed by atoms with E-state index in [0.29, 0.717) is 5.69 Å². The first kappa shape index (κ1) is 11.1. The number of aromatic amines is 1. The Hall–Kier alpha value is -2.37. The van der Waals surface area contributed by atoms with Gasteiger partial charge < -0.3 is 10.6 Å². The van der Waals surface area contributed by atoms with Crippen LogP contribution in [0, 0.1) is 0 Å². The Morgan fingerprint density at radius 1 is 1.47 bits per heavy atom. The zero-order valence-corrected chi connectivity index (χ0v) is 9.34. The lowest BCUT2D eigenvalue weighted by Gasteiger charge is -2.13. The van der Waals surface area contributed by atoms with E-state index in [-0.39, 0.29) is 12.1 Å². The molecular weight excluding hydrogens is 218 g/mol. The maximum absolute atomic E-state index is 11.6. The van der Waals surface area contributed by atoms with E-state index in [2.05, 4.69) is 25.8 Å². The fraction of sp³-hybridized carbons (Fsp3) is 0.182. The Morgan fingerprint density at radius 2 is 2.35 bits per heavy atom. The van der Waals surface area contributed by atoms with E-state index in [4.69, 9.17) is 0 Å². The monoisotopic (exact) mass is 231 g/mol. The molecular formula is C11H13N5O. The van der Waals surface area contributed by atoms with Gasteiger partial charge in [-0.15, -0.1) is 0 Å². The first-order valence-corrected chi connectivity index (χ1v) is 5.23. The lowest BCUT2D eigenvalue weighted by molar-refractivity contribution is 0.249. The van der Waals surface area contributed by atoms with E-state index in [0.717, 1.165) is 5.69 Å². The molecule has 0 saturated carbocycles. The van der Waals surface area contributed by atoms with Gasteiger partial charge in [0.05, 0.1) is 23.6 Å². The highest BCUT2D eigenvalue weighted by molar-refractivity contribution is 5.89. The van der Waals surface area contributed by atoms with Crippen LogP contribution in [0.15, 0.2) is 36.8 Å². The van der Waals surface area contributed by atoms with Crippen molar-refractivity contribution in [2.24, 2.45) is 0 Å². The predicted molar refractivity (Wildman–Crippen MR) is 63.4 cm³/mol. The largest absolute Gasteiger partial charge is 0.330 e. The number of H-pyrrole nitrogens is 1. The predicted octanol–water partition coefficient (Wildman–Crippen LogP) is 1.69. The van der Waals surface area contributed by atoms with Gasteiger partial charge in [0, 0.05) is 12.4 Å². The summed E-state index contributed by atoms with van der Waals surface area (Å²) in [6, 6.07) is 5.15. The summed E-state index contributed by atoms with van der Waals surface area (Å²) in [7, 11) is 0. The van der Waals surface area contributed by atoms with E-state index in [1.165, 1.54) is 6.20 Å². The molecule has 88 valence electrons. The second-order valence-electron chi connectivity index (χ2n) is 3.56. The smallest absolute Gasteiger partial charge is 0.319 e. The first-order chi connectivity index (χ1) is 8.25. The second-order valence-corrected chi connectivity index (χ2v) is 3.56. The standard InChI is InChI=1S/C11H13N5O/c1-8(10-4-2-3-5-12-10)15-11(17)16-9-6-13-14-7-9/h2-8H,1H3,(H,13,14)(H2,15,16,17)/t8-/m0/s1. The van der Waals surface area contributed by atoms with Gasteiger partial charge in [-0.1, -0.05) is 6.07 Å². The van der Waals surface area contributed by atoms with E-state index < -0.39 is 0 Å². The number of urea groups is 1. The number of aromatic nitrogens is 3. The summed E-state index contributed by atoms with van der Waals surface area (Å²) in [5.41, 5.74) is 1.44. The number of hydrogen-bond donors (Lipinski definition) is 3. The van der Waals surface area contributed by atoms with Gasteiger partial charge in [-0.05, 0) is 19.1 Å². The molecule has 6 heteroatoms. The molecule has 0 bridgehead atoms. The van der Waals surface area contributed by atoms with Crippen molar-refractivity contribution in [1.82, 2.24) is 20.5 Å². The molecule has 0 aromatic carbocycles. The minimum absolute atomic E-state index is 0.150. The Kier molecular flexibility index (Phi) is 3.34. The van der Waals surface area contributed by atoms with Crippen LogP contribution in [0.4, 0.5) is 10.5 Å². The van der Waals surface area contributed by atoms with Crippen LogP contribution < -0.4 is 10.6 Å². The summed E-state index contributed by atoms with van der Waals surface area (Å²) in [5.74, 6) is 0. The van der Waals surface area contributed by atoms with Crippen molar-refractivity contribution in [1.29, 1.82) is 0 Å². The molecule has 0 unspecified atom stereocenters. The van der Waals surface area contributed by atoms with Crippen LogP contribution in [0.25, 0.3) is 0 Å². The quantitative estimate of drug-likeness (QED) is 0.751. The molecule has 0 radical (unpaired) electrons. The summed E-state index contributed by atoms with van der Waals surface area (Å²) in [6.45, 7) is 1.87. The van der Waals surface area contributed by atoms with Gasteiger partial charge >= 0.3 is 6.03 Å². The maximum atomic E-state index is 11.6. The van der Waals surface area contributed by atoms with E-state index in [1.54, 1.807) is 12.4 Å². The molecule has 2 aromatic heterocycles. The average Bonchev–Trinajstić information content (AvgIpc) is 2.82. The van der Waals surface area contributed by atoms with Gasteiger partial charge in [0.15, 0.2) is 0 Å². The normalized spacial score (nSPS) is 11.8. The van der Waals surface area contributed by atoms with Crippen molar-refractivity contribution < 1.29 is 4.79 Å². The molecule has 0 spiro atoms. The molecule has 0 saturated heterocycles. The molecule has 2 rings (SSSR count). The van der Waals surface area contributed by atoms with Gasteiger partial charge in [0.2, 0.25) is 0 Å². The fourth-order valence-electron chi connectivity index (χ4n) is 1.39. The molecule has 2 amide bonds. The number of pyridine rings is 1. The van der Waals surface area contributed by atoms with Gasteiger partial charge in [-0.25, -0.2) is 4.79 Å². The number of anilines is 1. The van der Waals surface area contributed by atoms with E-state index in [9.17, 15) is 4.79 Å². The minimum Gasteiger partial charge on any atom is -0.330 e. The Balaban J connectivity index is 1.91. The average molecular weight is 231 g/mol. The third-order valence-electron chi connectivity index (χ3n) is 2.24. The number of carbonyl (C=O) groups is 1. The van der Waals surface area contributed by atoms with Crippen molar-refractivity contribution in [2.45, 2.75) is 13.0 Å². The van der Waals surface area contributed by atoms with Crippen LogP contribution in [0.2, 0.25) is 0 Å². The highest BCUT2D eigenvalue weighted by Gasteiger charge is 2.10. The molecule has 2 aromatic rings. The number of carbonyl (C=O) groups excluding carboxylic acids is 1. The highest BCUT2D eigenvalue weighted by Crippen LogP contribution is 2.08. The molecule has 1 atom stereocenters. The summed E-state index contributed by atoms with van der Waals surface area (Å²) >= 11 is 0. The minimum atomic E-state index is -0.287. The SMILES string of the molecule is C[C@H](NC(=O)Nc1cn[nH]c1)c1ccccn1. The number of nitrogens with one attached hydrogen (secondary N) is 3. The highest BCUT2D eigenvalue weighted by atomic mass is 16.2. The summed E-state index contributed by atoms with van der Waals surface area (Å²) in [6.07, 6.45) is 4.83. The molecule has 17 heavy (non-hydrogen) atoms. The molecule has 0 aliphatic heterocycles. The van der Waals surface area contributed by atoms with Crippen LogP contribution in [0.3, 0.4) is 0 Å². The first-order valence-electron chi connectivity index (χ1n) is 5.23. The lowest BCUT2D eigenvalue weighted by Crippen LogP contribution is -2.31. The van der Waals surface area contributed by atoms with Gasteiger partial charge in [-0.2, -0.15) is 5.10 Å². The molecule has 6 nitrogen and oxygen atoms in total. The van der Waals surface area contributed by atoms with Crippen LogP contribution in [0.1, 0.15) is 18.7 Å². The lowest BCUT2D eigenvalue weighted by atomic mass is 10.2. The van der Waals surface area contributed by atoms with E-state index in [1.807, 2.05) is 25.1 Å². The molecule has 0 aliphatic carbocycles. The summed E-state index contributed by atoms with van der Waals surface area (Å²) in [4.78, 5) is 15.8. The molecule has 3 N–H and O–H groups in total. The Bertz CT molecular complexity index is 468. The van der Waals surface area contributed by atoms with Crippen LogP contribution in [-0.4, -0.2) is 21.2 Å². The van der Waals surface area contributed by atoms with Crippen molar-refractivity contribution in [2.75, 3.05) is 5.32 Å². The van der Waals surface area contributed by atoms with Crippen molar-refractivity contribution in [3.63, 3.8) is 0 Å². The second kappa shape index (κ2) is 5.11. The van der Waals surface area contributed by atoms with Crippen molar-refractivity contribution in [3.05, 3.63) is 42.5 Å². The molecule has 0 fully saturated rings. The van der Waals surface area contributed by atoms with Crippen LogP contribution >= 0.6 is 0 Å². The van der Waals surface area contributed by atoms with Crippen LogP contribution in [-0.2, 0) is 0 Å². The van der Waals surface area contributed by atoms with Crippen molar-refractivity contribution >= 4 is 11.7 Å². The van der Waals surface area contributed by atoms with E-state index >= 15 is 0 Å². The third kappa shape index (κ3) is 3.04. The topological polar surface area (TPSA) is 82.7 Å². The molecule has 0 aliphatic rings. The Morgan fingerprint density at radius 3 is 3.00 bits per heavy atom. The zero-order valence-electron chi connectivity index (χ0n) is 9.34. The number of hydrogen-bond acceptors (Lipinski definition) is 3. The van der Waals surface area contributed by atoms with Crippen LogP contribution in [0.5, 0.6) is 0 Å². The number of nitrogens with zero attached hydrogens (tertiary/aromatic N) is 2. The fourth-order valence-corrected chi connectivity index (χ4v) is 1.39. The Labute approximate surface area is 98.5 Å². The summed E-state index contributed by atoms with van der Waals surface area (Å²) in [5, 5.41) is 11.8. The van der Waals surface area contributed by atoms with Gasteiger partial charge in [-0.3, -0.25) is 10.1 Å². The maximum Gasteiger partial charge on any atom is 0.319 e. The summed E-state index contributed by atoms with van der Waals surface area (Å²) < 4.78 is 0. The van der Waals surface area contributed by atoms with Crippen molar-refractivity contribution in [3.8, 4) is 0 Å².